The van der Waals surface area contributed by atoms with Crippen molar-refractivity contribution in [3.63, 3.8) is 0 Å². The van der Waals surface area contributed by atoms with Crippen LogP contribution < -0.4 is 24.8 Å². The van der Waals surface area contributed by atoms with Crippen molar-refractivity contribution in [2.75, 3.05) is 13.3 Å². The molecular weight excluding hydrogens is 471 g/mol. The summed E-state index contributed by atoms with van der Waals surface area (Å²) >= 11 is 0. The molecule has 0 fully saturated rings. The average Bonchev–Trinajstić information content (AvgIpc) is 3.12. The second-order valence-corrected chi connectivity index (χ2v) is 6.41. The van der Waals surface area contributed by atoms with Crippen molar-refractivity contribution in [3.05, 3.63) is 47.7 Å². The lowest BCUT2D eigenvalue weighted by Gasteiger charge is -2.12. The summed E-state index contributed by atoms with van der Waals surface area (Å²) in [5, 5.41) is 6.58. The van der Waals surface area contributed by atoms with Gasteiger partial charge in [-0.1, -0.05) is 12.1 Å². The number of nitrogens with zero attached hydrogens (tertiary/aromatic N) is 2. The summed E-state index contributed by atoms with van der Waals surface area (Å²) in [7, 11) is 0. The van der Waals surface area contributed by atoms with Gasteiger partial charge in [0, 0.05) is 25.4 Å². The van der Waals surface area contributed by atoms with Crippen LogP contribution in [0.3, 0.4) is 0 Å². The van der Waals surface area contributed by atoms with Gasteiger partial charge in [0.05, 0.1) is 12.6 Å². The molecule has 3 rings (SSSR count). The molecule has 2 heterocycles. The van der Waals surface area contributed by atoms with E-state index in [0.717, 1.165) is 35.1 Å². The minimum atomic E-state index is 0. The maximum atomic E-state index is 5.56. The number of pyridine rings is 1. The van der Waals surface area contributed by atoms with E-state index in [1.54, 1.807) is 6.20 Å². The minimum Gasteiger partial charge on any atom is -0.475 e. The molecule has 28 heavy (non-hydrogen) atoms. The summed E-state index contributed by atoms with van der Waals surface area (Å²) < 4.78 is 16.3. The van der Waals surface area contributed by atoms with E-state index in [1.165, 1.54) is 0 Å². The Morgan fingerprint density at radius 2 is 1.93 bits per heavy atom. The summed E-state index contributed by atoms with van der Waals surface area (Å²) in [5.41, 5.74) is 2.12. The molecule has 0 atom stereocenters. The molecule has 1 aliphatic heterocycles. The van der Waals surface area contributed by atoms with Gasteiger partial charge < -0.3 is 24.8 Å². The maximum Gasteiger partial charge on any atom is 0.231 e. The smallest absolute Gasteiger partial charge is 0.231 e. The highest BCUT2D eigenvalue weighted by molar-refractivity contribution is 14.0. The van der Waals surface area contributed by atoms with Gasteiger partial charge in [0.2, 0.25) is 12.7 Å². The third kappa shape index (κ3) is 6.43. The SMILES string of the molecule is CCNC(=NCc1ccc(OC(C)C)nc1)NCc1ccc2c(c1)OCO2.I. The van der Waals surface area contributed by atoms with Crippen LogP contribution >= 0.6 is 24.0 Å². The van der Waals surface area contributed by atoms with E-state index in [4.69, 9.17) is 14.2 Å². The Kier molecular flexibility index (Phi) is 8.62. The zero-order valence-electron chi connectivity index (χ0n) is 16.4. The van der Waals surface area contributed by atoms with Crippen molar-refractivity contribution < 1.29 is 14.2 Å². The number of guanidine groups is 1. The van der Waals surface area contributed by atoms with Crippen LogP contribution in [0.5, 0.6) is 17.4 Å². The molecule has 1 aromatic heterocycles. The standard InChI is InChI=1S/C20H26N4O3.HI/c1-4-21-20(23-10-15-5-7-17-18(9-15)26-13-25-17)24-12-16-6-8-19(22-11-16)27-14(2)3;/h5-9,11,14H,4,10,12-13H2,1-3H3,(H2,21,23,24);1H. The van der Waals surface area contributed by atoms with Crippen molar-refractivity contribution in [2.24, 2.45) is 4.99 Å². The molecule has 0 amide bonds. The van der Waals surface area contributed by atoms with Crippen molar-refractivity contribution >= 4 is 29.9 Å². The molecule has 1 aliphatic rings. The van der Waals surface area contributed by atoms with Gasteiger partial charge in [-0.3, -0.25) is 0 Å². The Labute approximate surface area is 182 Å². The summed E-state index contributed by atoms with van der Waals surface area (Å²) in [6.07, 6.45) is 1.91. The summed E-state index contributed by atoms with van der Waals surface area (Å²) in [6.45, 7) is 8.24. The van der Waals surface area contributed by atoms with E-state index in [0.29, 0.717) is 19.0 Å². The number of aliphatic imine (C=N–C) groups is 1. The summed E-state index contributed by atoms with van der Waals surface area (Å²) in [4.78, 5) is 8.93. The highest BCUT2D eigenvalue weighted by Gasteiger charge is 2.13. The average molecular weight is 498 g/mol. The van der Waals surface area contributed by atoms with Crippen LogP contribution in [0.2, 0.25) is 0 Å². The number of nitrogens with one attached hydrogen (secondary N) is 2. The first-order valence-corrected chi connectivity index (χ1v) is 9.16. The van der Waals surface area contributed by atoms with Gasteiger partial charge in [-0.25, -0.2) is 9.98 Å². The monoisotopic (exact) mass is 498 g/mol. The van der Waals surface area contributed by atoms with Crippen LogP contribution in [0.25, 0.3) is 0 Å². The minimum absolute atomic E-state index is 0. The van der Waals surface area contributed by atoms with Gasteiger partial charge >= 0.3 is 0 Å². The van der Waals surface area contributed by atoms with E-state index < -0.39 is 0 Å². The van der Waals surface area contributed by atoms with Crippen LogP contribution in [-0.2, 0) is 13.1 Å². The van der Waals surface area contributed by atoms with Crippen LogP contribution in [-0.4, -0.2) is 30.4 Å². The molecule has 0 aliphatic carbocycles. The van der Waals surface area contributed by atoms with Crippen molar-refractivity contribution in [1.29, 1.82) is 0 Å². The lowest BCUT2D eigenvalue weighted by Crippen LogP contribution is -2.36. The third-order valence-corrected chi connectivity index (χ3v) is 3.81. The topological polar surface area (TPSA) is 77.0 Å². The number of hydrogen-bond donors (Lipinski definition) is 2. The summed E-state index contributed by atoms with van der Waals surface area (Å²) in [6, 6.07) is 9.78. The number of fused-ring (bicyclic) bond motifs is 1. The Hall–Kier alpha value is -2.23. The number of aromatic nitrogens is 1. The van der Waals surface area contributed by atoms with Gasteiger partial charge in [-0.2, -0.15) is 0 Å². The molecule has 2 N–H and O–H groups in total. The molecule has 0 spiro atoms. The molecule has 2 aromatic rings. The lowest BCUT2D eigenvalue weighted by atomic mass is 10.2. The van der Waals surface area contributed by atoms with E-state index in [2.05, 4.69) is 20.6 Å². The number of hydrogen-bond acceptors (Lipinski definition) is 5. The molecule has 0 saturated heterocycles. The van der Waals surface area contributed by atoms with Gasteiger partial charge in [0.25, 0.3) is 0 Å². The fourth-order valence-corrected chi connectivity index (χ4v) is 2.56. The van der Waals surface area contributed by atoms with Crippen LogP contribution in [0.1, 0.15) is 31.9 Å². The Balaban J connectivity index is 0.00000280. The molecular formula is C20H27IN4O3. The molecule has 8 heteroatoms. The van der Waals surface area contributed by atoms with E-state index in [1.807, 2.05) is 51.1 Å². The number of rotatable bonds is 7. The van der Waals surface area contributed by atoms with Gasteiger partial charge in [-0.15, -0.1) is 24.0 Å². The van der Waals surface area contributed by atoms with Crippen molar-refractivity contribution in [3.8, 4) is 17.4 Å². The normalized spacial score (nSPS) is 12.5. The Morgan fingerprint density at radius 1 is 1.14 bits per heavy atom. The first-order valence-electron chi connectivity index (χ1n) is 9.16. The number of halogens is 1. The second-order valence-electron chi connectivity index (χ2n) is 6.41. The van der Waals surface area contributed by atoms with E-state index >= 15 is 0 Å². The number of benzene rings is 1. The fraction of sp³-hybridized carbons (Fsp3) is 0.400. The quantitative estimate of drug-likeness (QED) is 0.346. The van der Waals surface area contributed by atoms with E-state index in [9.17, 15) is 0 Å². The van der Waals surface area contributed by atoms with Gasteiger partial charge in [0.15, 0.2) is 17.5 Å². The molecule has 0 radical (unpaired) electrons. The van der Waals surface area contributed by atoms with Crippen LogP contribution in [0.4, 0.5) is 0 Å². The first kappa shape index (κ1) is 22.1. The fourth-order valence-electron chi connectivity index (χ4n) is 2.56. The molecule has 152 valence electrons. The predicted octanol–water partition coefficient (Wildman–Crippen LogP) is 3.47. The molecule has 0 saturated carbocycles. The second kappa shape index (κ2) is 10.9. The van der Waals surface area contributed by atoms with Crippen LogP contribution in [0.15, 0.2) is 41.5 Å². The highest BCUT2D eigenvalue weighted by Crippen LogP contribution is 2.32. The zero-order chi connectivity index (χ0) is 19.1. The first-order chi connectivity index (χ1) is 13.1. The lowest BCUT2D eigenvalue weighted by molar-refractivity contribution is 0.174. The Morgan fingerprint density at radius 3 is 2.64 bits per heavy atom. The molecule has 1 aromatic carbocycles. The molecule has 0 unspecified atom stereocenters. The van der Waals surface area contributed by atoms with Gasteiger partial charge in [-0.05, 0) is 44.0 Å². The largest absolute Gasteiger partial charge is 0.475 e. The highest BCUT2D eigenvalue weighted by atomic mass is 127. The third-order valence-electron chi connectivity index (χ3n) is 3.81. The van der Waals surface area contributed by atoms with Gasteiger partial charge in [0.1, 0.15) is 0 Å². The van der Waals surface area contributed by atoms with Crippen LogP contribution in [0, 0.1) is 0 Å². The van der Waals surface area contributed by atoms with Crippen molar-refractivity contribution in [2.45, 2.75) is 40.0 Å². The molecule has 0 bridgehead atoms. The predicted molar refractivity (Wildman–Crippen MR) is 120 cm³/mol. The maximum absolute atomic E-state index is 5.56. The summed E-state index contributed by atoms with van der Waals surface area (Å²) in [5.74, 6) is 2.95. The van der Waals surface area contributed by atoms with E-state index in [-0.39, 0.29) is 36.9 Å². The Bertz CT molecular complexity index is 782. The number of ether oxygens (including phenoxy) is 3. The molecule has 7 nitrogen and oxygen atoms in total. The van der Waals surface area contributed by atoms with Crippen molar-refractivity contribution in [1.82, 2.24) is 15.6 Å². The zero-order valence-corrected chi connectivity index (χ0v) is 18.7.